The van der Waals surface area contributed by atoms with Gasteiger partial charge >= 0.3 is 0 Å². The molecule has 1 unspecified atom stereocenters. The SMILES string of the molecule is O=C1c2ccccc2CN1CCCNCC1COc2ccccc2O1. The molecular weight excluding hydrogens is 316 g/mol. The molecule has 0 spiro atoms. The molecule has 0 aliphatic carbocycles. The van der Waals surface area contributed by atoms with Gasteiger partial charge in [-0.15, -0.1) is 0 Å². The summed E-state index contributed by atoms with van der Waals surface area (Å²) in [5, 5.41) is 3.40. The molecule has 2 aliphatic heterocycles. The topological polar surface area (TPSA) is 50.8 Å². The monoisotopic (exact) mass is 338 g/mol. The highest BCUT2D eigenvalue weighted by atomic mass is 16.6. The van der Waals surface area contributed by atoms with Crippen LogP contribution < -0.4 is 14.8 Å². The van der Waals surface area contributed by atoms with Crippen molar-refractivity contribution in [2.75, 3.05) is 26.2 Å². The van der Waals surface area contributed by atoms with Crippen LogP contribution in [0.2, 0.25) is 0 Å². The van der Waals surface area contributed by atoms with Crippen molar-refractivity contribution < 1.29 is 14.3 Å². The van der Waals surface area contributed by atoms with Crippen LogP contribution in [0.5, 0.6) is 11.5 Å². The van der Waals surface area contributed by atoms with E-state index in [2.05, 4.69) is 5.32 Å². The van der Waals surface area contributed by atoms with Crippen LogP contribution in [-0.4, -0.2) is 43.2 Å². The van der Waals surface area contributed by atoms with Gasteiger partial charge in [0.1, 0.15) is 12.7 Å². The first-order valence-electron chi connectivity index (χ1n) is 8.77. The molecule has 130 valence electrons. The molecule has 25 heavy (non-hydrogen) atoms. The van der Waals surface area contributed by atoms with Crippen LogP contribution in [0.25, 0.3) is 0 Å². The van der Waals surface area contributed by atoms with Gasteiger partial charge in [0, 0.05) is 25.2 Å². The highest BCUT2D eigenvalue weighted by Crippen LogP contribution is 2.30. The third-order valence-electron chi connectivity index (χ3n) is 4.62. The van der Waals surface area contributed by atoms with Crippen molar-refractivity contribution in [2.45, 2.75) is 19.1 Å². The standard InChI is InChI=1S/C20H22N2O3/c23-20-17-7-2-1-6-15(17)13-22(20)11-5-10-21-12-16-14-24-18-8-3-4-9-19(18)25-16/h1-4,6-9,16,21H,5,10-14H2. The molecule has 2 aliphatic rings. The summed E-state index contributed by atoms with van der Waals surface area (Å²) < 4.78 is 11.6. The van der Waals surface area contributed by atoms with Gasteiger partial charge in [-0.05, 0) is 36.7 Å². The number of hydrogen-bond donors (Lipinski definition) is 1. The van der Waals surface area contributed by atoms with Crippen LogP contribution in [0.15, 0.2) is 48.5 Å². The Balaban J connectivity index is 1.17. The zero-order valence-electron chi connectivity index (χ0n) is 14.1. The van der Waals surface area contributed by atoms with E-state index in [9.17, 15) is 4.79 Å². The molecule has 2 aromatic rings. The molecule has 0 bridgehead atoms. The van der Waals surface area contributed by atoms with Crippen LogP contribution >= 0.6 is 0 Å². The number of ether oxygens (including phenoxy) is 2. The average Bonchev–Trinajstić information content (AvgIpc) is 2.97. The van der Waals surface area contributed by atoms with E-state index in [1.165, 1.54) is 0 Å². The van der Waals surface area contributed by atoms with E-state index in [0.717, 1.165) is 55.2 Å². The first kappa shape index (κ1) is 16.0. The van der Waals surface area contributed by atoms with E-state index >= 15 is 0 Å². The van der Waals surface area contributed by atoms with Gasteiger partial charge < -0.3 is 19.7 Å². The van der Waals surface area contributed by atoms with Crippen LogP contribution in [0.4, 0.5) is 0 Å². The third kappa shape index (κ3) is 3.46. The molecule has 5 nitrogen and oxygen atoms in total. The Morgan fingerprint density at radius 2 is 1.88 bits per heavy atom. The molecule has 1 amide bonds. The Morgan fingerprint density at radius 3 is 2.76 bits per heavy atom. The molecule has 0 saturated heterocycles. The van der Waals surface area contributed by atoms with E-state index < -0.39 is 0 Å². The second kappa shape index (κ2) is 7.15. The maximum Gasteiger partial charge on any atom is 0.254 e. The lowest BCUT2D eigenvalue weighted by Gasteiger charge is -2.26. The van der Waals surface area contributed by atoms with Crippen LogP contribution in [0.3, 0.4) is 0 Å². The summed E-state index contributed by atoms with van der Waals surface area (Å²) in [5.74, 6) is 1.77. The molecule has 1 N–H and O–H groups in total. The Hall–Kier alpha value is -2.53. The predicted molar refractivity (Wildman–Crippen MR) is 95.0 cm³/mol. The predicted octanol–water partition coefficient (Wildman–Crippen LogP) is 2.46. The van der Waals surface area contributed by atoms with Crippen molar-refractivity contribution in [1.82, 2.24) is 10.2 Å². The first-order chi connectivity index (χ1) is 12.3. The molecule has 0 aromatic heterocycles. The quantitative estimate of drug-likeness (QED) is 0.822. The van der Waals surface area contributed by atoms with Gasteiger partial charge in [0.2, 0.25) is 0 Å². The van der Waals surface area contributed by atoms with Gasteiger partial charge in [-0.25, -0.2) is 0 Å². The Labute approximate surface area is 147 Å². The normalized spacial score (nSPS) is 18.3. The fourth-order valence-electron chi connectivity index (χ4n) is 3.32. The summed E-state index contributed by atoms with van der Waals surface area (Å²) in [5.41, 5.74) is 1.98. The van der Waals surface area contributed by atoms with Crippen LogP contribution in [0.1, 0.15) is 22.3 Å². The number of carbonyl (C=O) groups excluding carboxylic acids is 1. The van der Waals surface area contributed by atoms with Crippen molar-refractivity contribution in [3.8, 4) is 11.5 Å². The van der Waals surface area contributed by atoms with Gasteiger partial charge in [-0.2, -0.15) is 0 Å². The van der Waals surface area contributed by atoms with Crippen molar-refractivity contribution in [3.05, 3.63) is 59.7 Å². The number of benzene rings is 2. The number of nitrogens with one attached hydrogen (secondary N) is 1. The van der Waals surface area contributed by atoms with E-state index in [0.29, 0.717) is 6.61 Å². The molecular formula is C20H22N2O3. The summed E-state index contributed by atoms with van der Waals surface area (Å²) in [6.07, 6.45) is 0.941. The van der Waals surface area contributed by atoms with E-state index in [1.807, 2.05) is 53.4 Å². The number of amides is 1. The summed E-state index contributed by atoms with van der Waals surface area (Å²) in [6, 6.07) is 15.6. The summed E-state index contributed by atoms with van der Waals surface area (Å²) in [4.78, 5) is 14.2. The second-order valence-corrected chi connectivity index (χ2v) is 6.44. The van der Waals surface area contributed by atoms with Gasteiger partial charge in [0.05, 0.1) is 0 Å². The average molecular weight is 338 g/mol. The maximum atomic E-state index is 12.3. The largest absolute Gasteiger partial charge is 0.486 e. The van der Waals surface area contributed by atoms with Gasteiger partial charge in [-0.3, -0.25) is 4.79 Å². The fourth-order valence-corrected chi connectivity index (χ4v) is 3.32. The van der Waals surface area contributed by atoms with E-state index in [1.54, 1.807) is 0 Å². The van der Waals surface area contributed by atoms with Crippen molar-refractivity contribution >= 4 is 5.91 Å². The number of para-hydroxylation sites is 2. The van der Waals surface area contributed by atoms with Crippen molar-refractivity contribution in [1.29, 1.82) is 0 Å². The summed E-state index contributed by atoms with van der Waals surface area (Å²) in [6.45, 7) is 3.64. The first-order valence-corrected chi connectivity index (χ1v) is 8.77. The third-order valence-corrected chi connectivity index (χ3v) is 4.62. The van der Waals surface area contributed by atoms with Crippen LogP contribution in [0, 0.1) is 0 Å². The highest BCUT2D eigenvalue weighted by Gasteiger charge is 2.26. The maximum absolute atomic E-state index is 12.3. The Bertz CT molecular complexity index is 762. The summed E-state index contributed by atoms with van der Waals surface area (Å²) in [7, 11) is 0. The number of fused-ring (bicyclic) bond motifs is 2. The summed E-state index contributed by atoms with van der Waals surface area (Å²) >= 11 is 0. The number of rotatable bonds is 6. The Kier molecular flexibility index (Phi) is 4.57. The minimum Gasteiger partial charge on any atom is -0.486 e. The molecule has 5 heteroatoms. The number of carbonyl (C=O) groups is 1. The van der Waals surface area contributed by atoms with Crippen LogP contribution in [-0.2, 0) is 6.54 Å². The highest BCUT2D eigenvalue weighted by molar-refractivity contribution is 5.98. The van der Waals surface area contributed by atoms with Crippen molar-refractivity contribution in [3.63, 3.8) is 0 Å². The molecule has 0 fully saturated rings. The van der Waals surface area contributed by atoms with Gasteiger partial charge in [0.25, 0.3) is 5.91 Å². The minimum absolute atomic E-state index is 0.0209. The zero-order chi connectivity index (χ0) is 17.1. The van der Waals surface area contributed by atoms with E-state index in [-0.39, 0.29) is 12.0 Å². The Morgan fingerprint density at radius 1 is 1.08 bits per heavy atom. The molecule has 4 rings (SSSR count). The van der Waals surface area contributed by atoms with Gasteiger partial charge in [0.15, 0.2) is 11.5 Å². The molecule has 1 atom stereocenters. The van der Waals surface area contributed by atoms with Crippen molar-refractivity contribution in [2.24, 2.45) is 0 Å². The lowest BCUT2D eigenvalue weighted by molar-refractivity contribution is 0.0772. The smallest absolute Gasteiger partial charge is 0.254 e. The molecule has 0 saturated carbocycles. The molecule has 2 heterocycles. The second-order valence-electron chi connectivity index (χ2n) is 6.44. The number of hydrogen-bond acceptors (Lipinski definition) is 4. The lowest BCUT2D eigenvalue weighted by Crippen LogP contribution is -2.39. The lowest BCUT2D eigenvalue weighted by atomic mass is 10.1. The molecule has 0 radical (unpaired) electrons. The fraction of sp³-hybridized carbons (Fsp3) is 0.350. The molecule has 2 aromatic carbocycles. The zero-order valence-corrected chi connectivity index (χ0v) is 14.1. The minimum atomic E-state index is 0.0209. The number of nitrogens with zero attached hydrogens (tertiary/aromatic N) is 1. The van der Waals surface area contributed by atoms with E-state index in [4.69, 9.17) is 9.47 Å². The van der Waals surface area contributed by atoms with Gasteiger partial charge in [-0.1, -0.05) is 30.3 Å².